The molecule has 2 aromatic heterocycles. The minimum absolute atomic E-state index is 0.0779. The zero-order valence-corrected chi connectivity index (χ0v) is 16.0. The zero-order chi connectivity index (χ0) is 19.8. The highest BCUT2D eigenvalue weighted by molar-refractivity contribution is 5.92. The van der Waals surface area contributed by atoms with Crippen LogP contribution < -0.4 is 0 Å². The molecule has 1 unspecified atom stereocenters. The number of nitrogens with zero attached hydrogens (tertiary/aromatic N) is 4. The number of aromatic nitrogens is 3. The molecule has 1 amide bonds. The number of benzene rings is 2. The SMILES string of the molecule is Cn1cc(C2CN(C(=O)c3cc(-c4ccccc4)no3)Cc3ccccc32)cn1. The predicted molar refractivity (Wildman–Crippen MR) is 108 cm³/mol. The lowest BCUT2D eigenvalue weighted by Crippen LogP contribution is -2.38. The smallest absolute Gasteiger partial charge is 0.292 e. The normalized spacial score (nSPS) is 15.9. The number of aryl methyl sites for hydroxylation is 1. The first-order chi connectivity index (χ1) is 14.2. The third-order valence-electron chi connectivity index (χ3n) is 5.40. The van der Waals surface area contributed by atoms with Gasteiger partial charge in [-0.2, -0.15) is 5.10 Å². The lowest BCUT2D eigenvalue weighted by atomic mass is 9.86. The Morgan fingerprint density at radius 3 is 2.69 bits per heavy atom. The van der Waals surface area contributed by atoms with Gasteiger partial charge >= 0.3 is 0 Å². The van der Waals surface area contributed by atoms with Gasteiger partial charge in [0.05, 0.1) is 6.20 Å². The van der Waals surface area contributed by atoms with E-state index in [9.17, 15) is 4.79 Å². The van der Waals surface area contributed by atoms with Gasteiger partial charge in [-0.1, -0.05) is 59.8 Å². The minimum Gasteiger partial charge on any atom is -0.350 e. The predicted octanol–water partition coefficient (Wildman–Crippen LogP) is 3.86. The Bertz CT molecular complexity index is 1160. The van der Waals surface area contributed by atoms with Crippen molar-refractivity contribution < 1.29 is 9.32 Å². The number of fused-ring (bicyclic) bond motifs is 1. The van der Waals surface area contributed by atoms with Crippen LogP contribution in [0.4, 0.5) is 0 Å². The first-order valence-electron chi connectivity index (χ1n) is 9.57. The highest BCUT2D eigenvalue weighted by Gasteiger charge is 2.31. The van der Waals surface area contributed by atoms with E-state index < -0.39 is 0 Å². The maximum atomic E-state index is 13.2. The average molecular weight is 384 g/mol. The van der Waals surface area contributed by atoms with Crippen LogP contribution in [-0.2, 0) is 13.6 Å². The molecule has 0 fully saturated rings. The molecule has 2 aromatic carbocycles. The van der Waals surface area contributed by atoms with E-state index in [1.165, 1.54) is 5.56 Å². The molecular formula is C23H20N4O2. The van der Waals surface area contributed by atoms with Crippen LogP contribution in [0.15, 0.2) is 77.6 Å². The Morgan fingerprint density at radius 2 is 1.90 bits per heavy atom. The molecule has 1 atom stereocenters. The van der Waals surface area contributed by atoms with Crippen molar-refractivity contribution in [3.63, 3.8) is 0 Å². The van der Waals surface area contributed by atoms with Gasteiger partial charge in [-0.25, -0.2) is 0 Å². The Labute approximate surface area is 168 Å². The number of amides is 1. The third kappa shape index (κ3) is 3.23. The van der Waals surface area contributed by atoms with Gasteiger partial charge in [0.15, 0.2) is 0 Å². The molecule has 5 rings (SSSR count). The van der Waals surface area contributed by atoms with Crippen molar-refractivity contribution in [1.82, 2.24) is 19.8 Å². The van der Waals surface area contributed by atoms with Gasteiger partial charge in [0.2, 0.25) is 5.76 Å². The molecule has 6 nitrogen and oxygen atoms in total. The summed E-state index contributed by atoms with van der Waals surface area (Å²) in [7, 11) is 1.90. The number of carbonyl (C=O) groups excluding carboxylic acids is 1. The van der Waals surface area contributed by atoms with Gasteiger partial charge in [-0.05, 0) is 16.7 Å². The summed E-state index contributed by atoms with van der Waals surface area (Å²) in [6.07, 6.45) is 3.88. The summed E-state index contributed by atoms with van der Waals surface area (Å²) in [6, 6.07) is 19.7. The third-order valence-corrected chi connectivity index (χ3v) is 5.40. The van der Waals surface area contributed by atoms with Crippen LogP contribution in [0, 0.1) is 0 Å². The van der Waals surface area contributed by atoms with Crippen molar-refractivity contribution in [2.24, 2.45) is 7.05 Å². The molecule has 0 saturated carbocycles. The second-order valence-electron chi connectivity index (χ2n) is 7.33. The van der Waals surface area contributed by atoms with Gasteiger partial charge in [-0.15, -0.1) is 0 Å². The summed E-state index contributed by atoms with van der Waals surface area (Å²) in [6.45, 7) is 1.12. The van der Waals surface area contributed by atoms with E-state index in [1.54, 1.807) is 10.7 Å². The molecule has 6 heteroatoms. The lowest BCUT2D eigenvalue weighted by molar-refractivity contribution is 0.0683. The number of carbonyl (C=O) groups is 1. The monoisotopic (exact) mass is 384 g/mol. The Kier molecular flexibility index (Phi) is 4.24. The second kappa shape index (κ2) is 7.05. The molecule has 0 aliphatic carbocycles. The summed E-state index contributed by atoms with van der Waals surface area (Å²) in [5, 5.41) is 8.41. The molecule has 29 heavy (non-hydrogen) atoms. The topological polar surface area (TPSA) is 64.2 Å². The fourth-order valence-electron chi connectivity index (χ4n) is 3.94. The zero-order valence-electron chi connectivity index (χ0n) is 16.0. The first kappa shape index (κ1) is 17.4. The van der Waals surface area contributed by atoms with Crippen LogP contribution in [0.3, 0.4) is 0 Å². The largest absolute Gasteiger partial charge is 0.350 e. The van der Waals surface area contributed by atoms with Crippen molar-refractivity contribution in [1.29, 1.82) is 0 Å². The molecule has 1 aliphatic rings. The number of hydrogen-bond donors (Lipinski definition) is 0. The minimum atomic E-state index is -0.150. The highest BCUT2D eigenvalue weighted by atomic mass is 16.5. The molecule has 1 aliphatic heterocycles. The van der Waals surface area contributed by atoms with Gasteiger partial charge in [0.25, 0.3) is 5.91 Å². The first-order valence-corrected chi connectivity index (χ1v) is 9.57. The summed E-state index contributed by atoms with van der Waals surface area (Å²) in [5.41, 5.74) is 5.07. The van der Waals surface area contributed by atoms with Gasteiger partial charge in [0, 0.05) is 43.9 Å². The van der Waals surface area contributed by atoms with Crippen LogP contribution in [0.2, 0.25) is 0 Å². The molecule has 0 N–H and O–H groups in total. The number of rotatable bonds is 3. The average Bonchev–Trinajstić information content (AvgIpc) is 3.42. The van der Waals surface area contributed by atoms with Gasteiger partial charge < -0.3 is 9.42 Å². The Balaban J connectivity index is 1.46. The number of hydrogen-bond acceptors (Lipinski definition) is 4. The fourth-order valence-corrected chi connectivity index (χ4v) is 3.94. The molecule has 144 valence electrons. The van der Waals surface area contributed by atoms with E-state index >= 15 is 0 Å². The summed E-state index contributed by atoms with van der Waals surface area (Å²) >= 11 is 0. The van der Waals surface area contributed by atoms with Crippen molar-refractivity contribution in [2.45, 2.75) is 12.5 Å². The fraction of sp³-hybridized carbons (Fsp3) is 0.174. The Hall–Kier alpha value is -3.67. The summed E-state index contributed by atoms with van der Waals surface area (Å²) in [4.78, 5) is 15.0. The standard InChI is InChI=1S/C23H20N4O2/c1-26-13-18(12-24-26)20-15-27(14-17-9-5-6-10-19(17)20)23(28)22-11-21(25-29-22)16-7-3-2-4-8-16/h2-13,20H,14-15H2,1H3. The van der Waals surface area contributed by atoms with E-state index in [-0.39, 0.29) is 17.6 Å². The Morgan fingerprint density at radius 1 is 1.10 bits per heavy atom. The van der Waals surface area contributed by atoms with Crippen molar-refractivity contribution >= 4 is 5.91 Å². The quantitative estimate of drug-likeness (QED) is 0.538. The molecule has 0 spiro atoms. The van der Waals surface area contributed by atoms with E-state index in [2.05, 4.69) is 22.4 Å². The molecule has 0 saturated heterocycles. The molecule has 3 heterocycles. The molecule has 4 aromatic rings. The van der Waals surface area contributed by atoms with E-state index in [1.807, 2.05) is 66.8 Å². The lowest BCUT2D eigenvalue weighted by Gasteiger charge is -2.33. The van der Waals surface area contributed by atoms with E-state index in [4.69, 9.17) is 4.52 Å². The molecule has 0 bridgehead atoms. The van der Waals surface area contributed by atoms with Crippen LogP contribution in [0.25, 0.3) is 11.3 Å². The molecular weight excluding hydrogens is 364 g/mol. The summed E-state index contributed by atoms with van der Waals surface area (Å²) < 4.78 is 7.20. The van der Waals surface area contributed by atoms with Crippen LogP contribution in [0.1, 0.15) is 33.2 Å². The van der Waals surface area contributed by atoms with E-state index in [0.29, 0.717) is 18.8 Å². The van der Waals surface area contributed by atoms with Crippen LogP contribution in [0.5, 0.6) is 0 Å². The van der Waals surface area contributed by atoms with Gasteiger partial charge in [-0.3, -0.25) is 9.48 Å². The highest BCUT2D eigenvalue weighted by Crippen LogP contribution is 2.34. The van der Waals surface area contributed by atoms with Crippen LogP contribution in [-0.4, -0.2) is 32.3 Å². The maximum Gasteiger partial charge on any atom is 0.292 e. The second-order valence-corrected chi connectivity index (χ2v) is 7.33. The van der Waals surface area contributed by atoms with Crippen molar-refractivity contribution in [3.8, 4) is 11.3 Å². The van der Waals surface area contributed by atoms with E-state index in [0.717, 1.165) is 16.7 Å². The molecule has 0 radical (unpaired) electrons. The van der Waals surface area contributed by atoms with Crippen LogP contribution >= 0.6 is 0 Å². The van der Waals surface area contributed by atoms with Gasteiger partial charge in [0.1, 0.15) is 5.69 Å². The van der Waals surface area contributed by atoms with Crippen molar-refractivity contribution in [2.75, 3.05) is 6.54 Å². The van der Waals surface area contributed by atoms with Crippen molar-refractivity contribution in [3.05, 3.63) is 95.5 Å². The maximum absolute atomic E-state index is 13.2. The summed E-state index contributed by atoms with van der Waals surface area (Å²) in [5.74, 6) is 0.186.